The zero-order valence-corrected chi connectivity index (χ0v) is 14.4. The van der Waals surface area contributed by atoms with E-state index in [-0.39, 0.29) is 16.7 Å². The van der Waals surface area contributed by atoms with E-state index in [2.05, 4.69) is 45.9 Å². The lowest BCUT2D eigenvalue weighted by molar-refractivity contribution is -0.135. The van der Waals surface area contributed by atoms with Crippen molar-refractivity contribution < 1.29 is 4.79 Å². The first-order chi connectivity index (χ1) is 10.3. The molecule has 2 N–H and O–H groups in total. The number of carbonyl (C=O) groups excluding carboxylic acids is 1. The summed E-state index contributed by atoms with van der Waals surface area (Å²) < 4.78 is 0. The van der Waals surface area contributed by atoms with Crippen molar-refractivity contribution in [2.24, 2.45) is 17.1 Å². The highest BCUT2D eigenvalue weighted by Crippen LogP contribution is 2.57. The van der Waals surface area contributed by atoms with Gasteiger partial charge >= 0.3 is 0 Å². The number of nitrogens with two attached hydrogens (primary N) is 1. The van der Waals surface area contributed by atoms with Gasteiger partial charge < -0.3 is 5.73 Å². The topological polar surface area (TPSA) is 43.1 Å². The van der Waals surface area contributed by atoms with Crippen LogP contribution in [-0.2, 0) is 16.6 Å². The number of fused-ring (bicyclic) bond motifs is 3. The number of benzene rings is 1. The van der Waals surface area contributed by atoms with Gasteiger partial charge in [-0.05, 0) is 59.6 Å². The molecule has 0 heterocycles. The van der Waals surface area contributed by atoms with Crippen molar-refractivity contribution in [2.75, 3.05) is 0 Å². The first-order valence-corrected chi connectivity index (χ1v) is 8.72. The molecule has 3 rings (SSSR count). The lowest BCUT2D eigenvalue weighted by Crippen LogP contribution is -2.54. The Bertz CT molecular complexity index is 606. The van der Waals surface area contributed by atoms with Crippen LogP contribution >= 0.6 is 0 Å². The van der Waals surface area contributed by atoms with E-state index >= 15 is 0 Å². The van der Waals surface area contributed by atoms with Crippen molar-refractivity contribution in [1.29, 1.82) is 0 Å². The van der Waals surface area contributed by atoms with E-state index in [4.69, 9.17) is 5.73 Å². The van der Waals surface area contributed by atoms with E-state index in [1.54, 1.807) is 0 Å². The highest BCUT2D eigenvalue weighted by Gasteiger charge is 2.54. The van der Waals surface area contributed by atoms with Crippen molar-refractivity contribution in [3.05, 3.63) is 34.9 Å². The summed E-state index contributed by atoms with van der Waals surface area (Å²) >= 11 is 0. The van der Waals surface area contributed by atoms with Crippen LogP contribution in [-0.4, -0.2) is 5.91 Å². The molecule has 0 spiro atoms. The van der Waals surface area contributed by atoms with Crippen LogP contribution in [0.2, 0.25) is 0 Å². The molecule has 0 radical (unpaired) electrons. The molecule has 1 amide bonds. The van der Waals surface area contributed by atoms with Gasteiger partial charge in [-0.1, -0.05) is 52.3 Å². The Kier molecular flexibility index (Phi) is 3.62. The van der Waals surface area contributed by atoms with Gasteiger partial charge in [0.1, 0.15) is 0 Å². The minimum absolute atomic E-state index is 0.102. The molecule has 0 aliphatic heterocycles. The molecule has 0 saturated heterocycles. The van der Waals surface area contributed by atoms with E-state index < -0.39 is 0 Å². The van der Waals surface area contributed by atoms with Crippen LogP contribution in [0.5, 0.6) is 0 Å². The van der Waals surface area contributed by atoms with Gasteiger partial charge in [-0.3, -0.25) is 4.79 Å². The highest BCUT2D eigenvalue weighted by molar-refractivity contribution is 5.81. The summed E-state index contributed by atoms with van der Waals surface area (Å²) in [5.41, 5.74) is 9.97. The van der Waals surface area contributed by atoms with E-state index in [0.717, 1.165) is 25.7 Å². The smallest absolute Gasteiger partial charge is 0.223 e. The van der Waals surface area contributed by atoms with Crippen molar-refractivity contribution in [2.45, 2.75) is 71.1 Å². The van der Waals surface area contributed by atoms with E-state index in [9.17, 15) is 4.79 Å². The maximum Gasteiger partial charge on any atom is 0.223 e. The standard InChI is InChI=1S/C20H29NO/c1-13(2)14-6-8-16-15(12-14)7-9-17-19(16,3)10-5-11-20(17,4)18(21)22/h6,8,12-13,17H,5,7,9-11H2,1-4H3,(H2,21,22)/t17-,19+,20-/m1/s1. The summed E-state index contributed by atoms with van der Waals surface area (Å²) in [4.78, 5) is 12.2. The third-order valence-corrected chi connectivity index (χ3v) is 6.61. The van der Waals surface area contributed by atoms with E-state index in [1.807, 2.05) is 0 Å². The minimum atomic E-state index is -0.346. The van der Waals surface area contributed by atoms with Gasteiger partial charge in [-0.2, -0.15) is 0 Å². The average molecular weight is 299 g/mol. The summed E-state index contributed by atoms with van der Waals surface area (Å²) in [6.07, 6.45) is 5.39. The molecule has 2 heteroatoms. The summed E-state index contributed by atoms with van der Waals surface area (Å²) in [7, 11) is 0. The summed E-state index contributed by atoms with van der Waals surface area (Å²) in [6.45, 7) is 8.97. The summed E-state index contributed by atoms with van der Waals surface area (Å²) in [5.74, 6) is 0.840. The molecule has 0 bridgehead atoms. The zero-order valence-electron chi connectivity index (χ0n) is 14.4. The molecule has 0 aromatic heterocycles. The molecule has 3 atom stereocenters. The van der Waals surface area contributed by atoms with Crippen LogP contribution in [0.15, 0.2) is 18.2 Å². The van der Waals surface area contributed by atoms with E-state index in [1.165, 1.54) is 23.1 Å². The van der Waals surface area contributed by atoms with E-state index in [0.29, 0.717) is 11.8 Å². The molecular weight excluding hydrogens is 270 g/mol. The number of carbonyl (C=O) groups is 1. The van der Waals surface area contributed by atoms with Crippen LogP contribution in [0.1, 0.15) is 76.0 Å². The monoisotopic (exact) mass is 299 g/mol. The predicted octanol–water partition coefficient (Wildman–Crippen LogP) is 4.31. The molecular formula is C20H29NO. The predicted molar refractivity (Wildman–Crippen MR) is 90.8 cm³/mol. The van der Waals surface area contributed by atoms with Gasteiger partial charge in [0.25, 0.3) is 0 Å². The Balaban J connectivity index is 2.08. The first kappa shape index (κ1) is 15.6. The Morgan fingerprint density at radius 2 is 2.00 bits per heavy atom. The van der Waals surface area contributed by atoms with Crippen molar-refractivity contribution in [3.8, 4) is 0 Å². The second kappa shape index (κ2) is 5.11. The fourth-order valence-corrected chi connectivity index (χ4v) is 5.17. The van der Waals surface area contributed by atoms with Gasteiger partial charge in [0.15, 0.2) is 0 Å². The van der Waals surface area contributed by atoms with Crippen LogP contribution < -0.4 is 5.73 Å². The normalized spacial score (nSPS) is 34.1. The Morgan fingerprint density at radius 1 is 1.27 bits per heavy atom. The molecule has 1 saturated carbocycles. The van der Waals surface area contributed by atoms with Crippen molar-refractivity contribution in [1.82, 2.24) is 0 Å². The molecule has 120 valence electrons. The van der Waals surface area contributed by atoms with Crippen molar-refractivity contribution in [3.63, 3.8) is 0 Å². The molecule has 1 aromatic carbocycles. The molecule has 22 heavy (non-hydrogen) atoms. The average Bonchev–Trinajstić information content (AvgIpc) is 2.46. The first-order valence-electron chi connectivity index (χ1n) is 8.72. The Hall–Kier alpha value is -1.31. The molecule has 2 aliphatic carbocycles. The van der Waals surface area contributed by atoms with Gasteiger partial charge in [-0.15, -0.1) is 0 Å². The Labute approximate surface area is 134 Å². The third kappa shape index (κ3) is 2.11. The fourth-order valence-electron chi connectivity index (χ4n) is 5.17. The SMILES string of the molecule is CC(C)c1ccc2c(c1)CC[C@H]1[C@](C)(C(N)=O)CCC[C@@]21C. The van der Waals surface area contributed by atoms with Gasteiger partial charge in [0.05, 0.1) is 0 Å². The maximum atomic E-state index is 12.2. The van der Waals surface area contributed by atoms with Crippen LogP contribution in [0, 0.1) is 11.3 Å². The second-order valence-corrected chi connectivity index (χ2v) is 8.22. The number of hydrogen-bond acceptors (Lipinski definition) is 1. The molecule has 1 fully saturated rings. The maximum absolute atomic E-state index is 12.2. The lowest BCUT2D eigenvalue weighted by atomic mass is 9.49. The van der Waals surface area contributed by atoms with Gasteiger partial charge in [0.2, 0.25) is 5.91 Å². The molecule has 1 aromatic rings. The Morgan fingerprint density at radius 3 is 2.64 bits per heavy atom. The van der Waals surface area contributed by atoms with Gasteiger partial charge in [0, 0.05) is 5.41 Å². The largest absolute Gasteiger partial charge is 0.369 e. The third-order valence-electron chi connectivity index (χ3n) is 6.61. The van der Waals surface area contributed by atoms with Crippen molar-refractivity contribution >= 4 is 5.91 Å². The lowest BCUT2D eigenvalue weighted by Gasteiger charge is -2.54. The van der Waals surface area contributed by atoms with Gasteiger partial charge in [-0.25, -0.2) is 0 Å². The minimum Gasteiger partial charge on any atom is -0.369 e. The quantitative estimate of drug-likeness (QED) is 0.869. The second-order valence-electron chi connectivity index (χ2n) is 8.22. The molecule has 0 unspecified atom stereocenters. The summed E-state index contributed by atoms with van der Waals surface area (Å²) in [5, 5.41) is 0. The fraction of sp³-hybridized carbons (Fsp3) is 0.650. The highest BCUT2D eigenvalue weighted by atomic mass is 16.1. The number of aryl methyl sites for hydroxylation is 1. The number of primary amides is 1. The number of rotatable bonds is 2. The molecule has 2 aliphatic rings. The van der Waals surface area contributed by atoms with Crippen LogP contribution in [0.25, 0.3) is 0 Å². The summed E-state index contributed by atoms with van der Waals surface area (Å²) in [6, 6.07) is 7.02. The number of hydrogen-bond donors (Lipinski definition) is 1. The molecule has 2 nitrogen and oxygen atoms in total. The van der Waals surface area contributed by atoms with Crippen LogP contribution in [0.4, 0.5) is 0 Å². The van der Waals surface area contributed by atoms with Crippen LogP contribution in [0.3, 0.4) is 0 Å². The zero-order chi connectivity index (χ0) is 16.1. The number of amides is 1.